The summed E-state index contributed by atoms with van der Waals surface area (Å²) in [6, 6.07) is 14.5. The van der Waals surface area contributed by atoms with Crippen LogP contribution in [0.2, 0.25) is 0 Å². The van der Waals surface area contributed by atoms with Crippen LogP contribution in [0.25, 0.3) is 0 Å². The van der Waals surface area contributed by atoms with Gasteiger partial charge in [-0.2, -0.15) is 0 Å². The third-order valence-corrected chi connectivity index (χ3v) is 3.00. The number of methoxy groups -OCH3 is 2. The molecule has 2 aromatic carbocycles. The molecular formula is C17H18O5. The topological polar surface area (TPSA) is 54.0 Å². The second-order valence-corrected chi connectivity index (χ2v) is 4.41. The highest BCUT2D eigenvalue weighted by atomic mass is 16.6. The molecule has 0 aliphatic rings. The van der Waals surface area contributed by atoms with Gasteiger partial charge in [0.25, 0.3) is 0 Å². The van der Waals surface area contributed by atoms with E-state index in [-0.39, 0.29) is 13.2 Å². The summed E-state index contributed by atoms with van der Waals surface area (Å²) in [5.41, 5.74) is 0.802. The van der Waals surface area contributed by atoms with E-state index in [0.29, 0.717) is 17.2 Å². The van der Waals surface area contributed by atoms with E-state index in [2.05, 4.69) is 0 Å². The van der Waals surface area contributed by atoms with Gasteiger partial charge in [-0.1, -0.05) is 30.3 Å². The summed E-state index contributed by atoms with van der Waals surface area (Å²) in [7, 11) is 3.12. The predicted octanol–water partition coefficient (Wildman–Crippen LogP) is 2.83. The number of benzene rings is 2. The third-order valence-electron chi connectivity index (χ3n) is 3.00. The molecule has 2 aromatic rings. The fourth-order valence-corrected chi connectivity index (χ4v) is 1.90. The molecule has 5 nitrogen and oxygen atoms in total. The number of para-hydroxylation sites is 3. The van der Waals surface area contributed by atoms with Gasteiger partial charge >= 0.3 is 5.97 Å². The minimum Gasteiger partial charge on any atom is -0.496 e. The molecule has 116 valence electrons. The smallest absolute Gasteiger partial charge is 0.344 e. The van der Waals surface area contributed by atoms with Crippen molar-refractivity contribution in [2.24, 2.45) is 0 Å². The lowest BCUT2D eigenvalue weighted by Gasteiger charge is -2.11. The lowest BCUT2D eigenvalue weighted by molar-refractivity contribution is -0.147. The van der Waals surface area contributed by atoms with Crippen molar-refractivity contribution in [1.82, 2.24) is 0 Å². The second kappa shape index (κ2) is 7.93. The summed E-state index contributed by atoms with van der Waals surface area (Å²) in [4.78, 5) is 11.8. The Morgan fingerprint density at radius 3 is 2.14 bits per heavy atom. The highest BCUT2D eigenvalue weighted by Gasteiger charge is 2.09. The van der Waals surface area contributed by atoms with Gasteiger partial charge in [0.2, 0.25) is 0 Å². The van der Waals surface area contributed by atoms with Crippen LogP contribution in [0.5, 0.6) is 17.2 Å². The highest BCUT2D eigenvalue weighted by molar-refractivity contribution is 5.71. The molecule has 0 aliphatic carbocycles. The van der Waals surface area contributed by atoms with Crippen LogP contribution in [0.3, 0.4) is 0 Å². The van der Waals surface area contributed by atoms with Gasteiger partial charge in [0.1, 0.15) is 12.4 Å². The Morgan fingerprint density at radius 1 is 0.864 bits per heavy atom. The zero-order valence-electron chi connectivity index (χ0n) is 12.6. The van der Waals surface area contributed by atoms with Crippen molar-refractivity contribution in [2.75, 3.05) is 20.8 Å². The van der Waals surface area contributed by atoms with Crippen LogP contribution in [0.4, 0.5) is 0 Å². The zero-order valence-corrected chi connectivity index (χ0v) is 12.6. The lowest BCUT2D eigenvalue weighted by atomic mass is 10.2. The standard InChI is InChI=1S/C17H18O5/c1-19-14-8-4-3-7-13(14)11-22-17(18)12-21-16-10-6-5-9-15(16)20-2/h3-10H,11-12H2,1-2H3. The van der Waals surface area contributed by atoms with Gasteiger partial charge in [-0.15, -0.1) is 0 Å². The van der Waals surface area contributed by atoms with Crippen LogP contribution in [0.15, 0.2) is 48.5 Å². The maximum absolute atomic E-state index is 11.8. The SMILES string of the molecule is COc1ccccc1COC(=O)COc1ccccc1OC. The Morgan fingerprint density at radius 2 is 1.45 bits per heavy atom. The second-order valence-electron chi connectivity index (χ2n) is 4.41. The van der Waals surface area contributed by atoms with Gasteiger partial charge in [-0.05, 0) is 18.2 Å². The molecule has 0 N–H and O–H groups in total. The molecule has 0 bridgehead atoms. The normalized spacial score (nSPS) is 9.91. The maximum Gasteiger partial charge on any atom is 0.344 e. The molecule has 0 aromatic heterocycles. The number of hydrogen-bond donors (Lipinski definition) is 0. The summed E-state index contributed by atoms with van der Waals surface area (Å²) in [6.07, 6.45) is 0. The van der Waals surface area contributed by atoms with Crippen molar-refractivity contribution in [3.63, 3.8) is 0 Å². The zero-order chi connectivity index (χ0) is 15.8. The van der Waals surface area contributed by atoms with E-state index in [1.807, 2.05) is 30.3 Å². The van der Waals surface area contributed by atoms with Gasteiger partial charge in [-0.25, -0.2) is 4.79 Å². The minimum atomic E-state index is -0.461. The van der Waals surface area contributed by atoms with Gasteiger partial charge < -0.3 is 18.9 Å². The average Bonchev–Trinajstić information content (AvgIpc) is 2.58. The molecule has 0 saturated heterocycles. The molecule has 0 saturated carbocycles. The van der Waals surface area contributed by atoms with E-state index in [1.54, 1.807) is 32.4 Å². The quantitative estimate of drug-likeness (QED) is 0.736. The van der Waals surface area contributed by atoms with Crippen LogP contribution in [-0.4, -0.2) is 26.8 Å². The molecule has 22 heavy (non-hydrogen) atoms. The Hall–Kier alpha value is -2.69. The van der Waals surface area contributed by atoms with Crippen molar-refractivity contribution < 1.29 is 23.7 Å². The van der Waals surface area contributed by atoms with Gasteiger partial charge in [-0.3, -0.25) is 0 Å². The van der Waals surface area contributed by atoms with Crippen molar-refractivity contribution >= 4 is 5.97 Å². The third kappa shape index (κ3) is 4.15. The van der Waals surface area contributed by atoms with Crippen molar-refractivity contribution in [1.29, 1.82) is 0 Å². The predicted molar refractivity (Wildman–Crippen MR) is 81.3 cm³/mol. The van der Waals surface area contributed by atoms with E-state index in [0.717, 1.165) is 5.56 Å². The molecule has 2 rings (SSSR count). The molecular weight excluding hydrogens is 284 g/mol. The summed E-state index contributed by atoms with van der Waals surface area (Å²) in [5.74, 6) is 1.29. The molecule has 0 unspecified atom stereocenters. The first-order chi connectivity index (χ1) is 10.7. The maximum atomic E-state index is 11.8. The average molecular weight is 302 g/mol. The molecule has 5 heteroatoms. The molecule has 0 atom stereocenters. The van der Waals surface area contributed by atoms with Crippen LogP contribution in [0, 0.1) is 0 Å². The molecule has 0 fully saturated rings. The van der Waals surface area contributed by atoms with E-state index >= 15 is 0 Å². The number of hydrogen-bond acceptors (Lipinski definition) is 5. The van der Waals surface area contributed by atoms with Crippen LogP contribution in [-0.2, 0) is 16.1 Å². The fourth-order valence-electron chi connectivity index (χ4n) is 1.90. The number of ether oxygens (including phenoxy) is 4. The number of rotatable bonds is 7. The minimum absolute atomic E-state index is 0.137. The van der Waals surface area contributed by atoms with Gasteiger partial charge in [0.15, 0.2) is 18.1 Å². The van der Waals surface area contributed by atoms with Crippen LogP contribution in [0.1, 0.15) is 5.56 Å². The van der Waals surface area contributed by atoms with Crippen molar-refractivity contribution in [2.45, 2.75) is 6.61 Å². The van der Waals surface area contributed by atoms with E-state index in [9.17, 15) is 4.79 Å². The molecule has 0 aliphatic heterocycles. The molecule has 0 heterocycles. The largest absolute Gasteiger partial charge is 0.496 e. The fraction of sp³-hybridized carbons (Fsp3) is 0.235. The summed E-state index contributed by atoms with van der Waals surface area (Å²) in [5, 5.41) is 0. The van der Waals surface area contributed by atoms with Gasteiger partial charge in [0, 0.05) is 5.56 Å². The van der Waals surface area contributed by atoms with Gasteiger partial charge in [0.05, 0.1) is 14.2 Å². The summed E-state index contributed by atoms with van der Waals surface area (Å²) in [6.45, 7) is -0.0480. The van der Waals surface area contributed by atoms with E-state index in [4.69, 9.17) is 18.9 Å². The van der Waals surface area contributed by atoms with Crippen LogP contribution < -0.4 is 14.2 Å². The van der Waals surface area contributed by atoms with E-state index in [1.165, 1.54) is 0 Å². The Balaban J connectivity index is 1.86. The first-order valence-corrected chi connectivity index (χ1v) is 6.78. The number of esters is 1. The van der Waals surface area contributed by atoms with Crippen LogP contribution >= 0.6 is 0 Å². The summed E-state index contributed by atoms with van der Waals surface area (Å²) < 4.78 is 20.9. The Bertz CT molecular complexity index is 570. The van der Waals surface area contributed by atoms with E-state index < -0.39 is 5.97 Å². The van der Waals surface area contributed by atoms with Crippen molar-refractivity contribution in [3.8, 4) is 17.2 Å². The Kier molecular flexibility index (Phi) is 5.65. The first-order valence-electron chi connectivity index (χ1n) is 6.78. The highest BCUT2D eigenvalue weighted by Crippen LogP contribution is 2.25. The lowest BCUT2D eigenvalue weighted by Crippen LogP contribution is -2.15. The first kappa shape index (κ1) is 15.7. The Labute approximate surface area is 129 Å². The number of carbonyl (C=O) groups excluding carboxylic acids is 1. The number of carbonyl (C=O) groups is 1. The van der Waals surface area contributed by atoms with Crippen molar-refractivity contribution in [3.05, 3.63) is 54.1 Å². The molecule has 0 spiro atoms. The molecule has 0 amide bonds. The molecule has 0 radical (unpaired) electrons. The monoisotopic (exact) mass is 302 g/mol. The summed E-state index contributed by atoms with van der Waals surface area (Å²) >= 11 is 0.